The summed E-state index contributed by atoms with van der Waals surface area (Å²) in [6.45, 7) is 4.69. The smallest absolute Gasteiger partial charge is 0.315 e. The summed E-state index contributed by atoms with van der Waals surface area (Å²) in [6.07, 6.45) is 2.08. The van der Waals surface area contributed by atoms with Crippen molar-refractivity contribution in [1.82, 2.24) is 14.9 Å². The largest absolute Gasteiger partial charge is 0.365 e. The average Bonchev–Trinajstić information content (AvgIpc) is 3.25. The van der Waals surface area contributed by atoms with Gasteiger partial charge >= 0.3 is 5.82 Å². The Kier molecular flexibility index (Phi) is 3.78. The monoisotopic (exact) mass is 367 g/mol. The molecule has 2 aromatic rings. The van der Waals surface area contributed by atoms with Crippen molar-refractivity contribution < 1.29 is 9.48 Å². The van der Waals surface area contributed by atoms with E-state index in [1.807, 2.05) is 12.1 Å². The van der Waals surface area contributed by atoms with Gasteiger partial charge in [-0.15, -0.1) is 4.68 Å². The molecule has 0 bridgehead atoms. The number of primary amides is 1. The fourth-order valence-electron chi connectivity index (χ4n) is 3.29. The SMILES string of the molecule is C=[N+]1N=C(C#Cc2cc3nc4n(c3cc2Cl)CCC4)C(C(N)=O)=C1NC. The Morgan fingerprint density at radius 3 is 3.00 bits per heavy atom. The maximum atomic E-state index is 11.7. The molecule has 0 spiro atoms. The highest BCUT2D eigenvalue weighted by Gasteiger charge is 2.31. The molecule has 3 N–H and O–H groups in total. The number of hydrogen-bond donors (Lipinski definition) is 2. The molecule has 0 radical (unpaired) electrons. The van der Waals surface area contributed by atoms with Crippen LogP contribution in [0.2, 0.25) is 5.02 Å². The molecule has 130 valence electrons. The van der Waals surface area contributed by atoms with Gasteiger partial charge in [-0.05, 0) is 24.5 Å². The van der Waals surface area contributed by atoms with Crippen LogP contribution in [0.15, 0.2) is 28.6 Å². The molecule has 0 fully saturated rings. The molecule has 1 amide bonds. The highest BCUT2D eigenvalue weighted by atomic mass is 35.5. The van der Waals surface area contributed by atoms with E-state index < -0.39 is 5.91 Å². The van der Waals surface area contributed by atoms with Crippen molar-refractivity contribution in [3.05, 3.63) is 39.9 Å². The summed E-state index contributed by atoms with van der Waals surface area (Å²) >= 11 is 6.41. The molecular weight excluding hydrogens is 352 g/mol. The van der Waals surface area contributed by atoms with Crippen LogP contribution in [0.5, 0.6) is 0 Å². The second-order valence-electron chi connectivity index (χ2n) is 6.04. The van der Waals surface area contributed by atoms with Crippen molar-refractivity contribution >= 4 is 41.0 Å². The number of nitrogens with one attached hydrogen (secondary N) is 1. The van der Waals surface area contributed by atoms with E-state index in [4.69, 9.17) is 17.3 Å². The Hall–Kier alpha value is -3.11. The van der Waals surface area contributed by atoms with Gasteiger partial charge in [0.25, 0.3) is 5.91 Å². The number of aromatic nitrogens is 2. The standard InChI is InChI=1S/C18H15ClN6O/c1-21-18-16(17(20)26)12(23-24(18)2)6-5-10-8-13-14(9-11(10)19)25-7-3-4-15(25)22-13/h8-9H,2-4,7H2,1H3,(H2-,20,21,23,26)/p+1. The van der Waals surface area contributed by atoms with E-state index >= 15 is 0 Å². The number of rotatable bonds is 2. The zero-order chi connectivity index (χ0) is 18.4. The number of nitrogens with two attached hydrogens (primary N) is 1. The first-order valence-corrected chi connectivity index (χ1v) is 8.49. The lowest BCUT2D eigenvalue weighted by atomic mass is 10.1. The molecule has 0 aliphatic carbocycles. The molecule has 1 aromatic carbocycles. The number of fused-ring (bicyclic) bond motifs is 3. The van der Waals surface area contributed by atoms with Gasteiger partial charge in [0, 0.05) is 18.5 Å². The topological polar surface area (TPSA) is 88.3 Å². The third kappa shape index (κ3) is 2.47. The van der Waals surface area contributed by atoms with Crippen LogP contribution in [0.1, 0.15) is 17.8 Å². The molecule has 26 heavy (non-hydrogen) atoms. The summed E-state index contributed by atoms with van der Waals surface area (Å²) in [5.41, 5.74) is 8.41. The Morgan fingerprint density at radius 1 is 1.46 bits per heavy atom. The molecular formula is C18H16ClN6O+. The number of hydrogen-bond acceptors (Lipinski definition) is 4. The highest BCUT2D eigenvalue weighted by molar-refractivity contribution is 6.33. The lowest BCUT2D eigenvalue weighted by Crippen LogP contribution is -2.24. The number of benzene rings is 1. The van der Waals surface area contributed by atoms with E-state index in [0.717, 1.165) is 36.2 Å². The molecule has 0 saturated carbocycles. The Morgan fingerprint density at radius 2 is 2.27 bits per heavy atom. The number of nitrogens with zero attached hydrogens (tertiary/aromatic N) is 4. The van der Waals surface area contributed by atoms with Gasteiger partial charge < -0.3 is 10.3 Å². The molecule has 0 atom stereocenters. The number of imidazole rings is 1. The first-order chi connectivity index (χ1) is 12.5. The lowest BCUT2D eigenvalue weighted by Gasteiger charge is -2.00. The van der Waals surface area contributed by atoms with E-state index in [2.05, 4.69) is 38.5 Å². The van der Waals surface area contributed by atoms with Gasteiger partial charge in [-0.3, -0.25) is 10.1 Å². The molecule has 0 saturated heterocycles. The van der Waals surface area contributed by atoms with Crippen molar-refractivity contribution in [3.63, 3.8) is 0 Å². The molecule has 1 aromatic heterocycles. The van der Waals surface area contributed by atoms with Gasteiger partial charge in [-0.25, -0.2) is 4.98 Å². The average molecular weight is 368 g/mol. The van der Waals surface area contributed by atoms with E-state index in [9.17, 15) is 4.79 Å². The van der Waals surface area contributed by atoms with Gasteiger partial charge in [0.2, 0.25) is 0 Å². The van der Waals surface area contributed by atoms with E-state index in [1.165, 1.54) is 4.68 Å². The van der Waals surface area contributed by atoms with Crippen molar-refractivity contribution in [3.8, 4) is 11.8 Å². The Labute approximate surface area is 154 Å². The molecule has 7 nitrogen and oxygen atoms in total. The van der Waals surface area contributed by atoms with E-state index in [1.54, 1.807) is 7.05 Å². The summed E-state index contributed by atoms with van der Waals surface area (Å²) in [7, 11) is 1.66. The predicted molar refractivity (Wildman–Crippen MR) is 100 cm³/mol. The number of amides is 1. The van der Waals surface area contributed by atoms with Crippen LogP contribution in [0.3, 0.4) is 0 Å². The van der Waals surface area contributed by atoms with Crippen molar-refractivity contribution in [1.29, 1.82) is 0 Å². The minimum atomic E-state index is -0.624. The van der Waals surface area contributed by atoms with Crippen LogP contribution in [0, 0.1) is 11.8 Å². The fraction of sp³-hybridized carbons (Fsp3) is 0.222. The number of carbonyl (C=O) groups is 1. The van der Waals surface area contributed by atoms with Crippen LogP contribution in [0.4, 0.5) is 0 Å². The molecule has 3 heterocycles. The second kappa shape index (κ2) is 6.00. The summed E-state index contributed by atoms with van der Waals surface area (Å²) < 4.78 is 3.47. The fourth-order valence-corrected chi connectivity index (χ4v) is 3.50. The van der Waals surface area contributed by atoms with Gasteiger partial charge in [0.15, 0.2) is 11.3 Å². The highest BCUT2D eigenvalue weighted by Crippen LogP contribution is 2.27. The van der Waals surface area contributed by atoms with Crippen LogP contribution < -0.4 is 11.1 Å². The van der Waals surface area contributed by atoms with Crippen molar-refractivity contribution in [2.75, 3.05) is 7.05 Å². The maximum Gasteiger partial charge on any atom is 0.315 e. The van der Waals surface area contributed by atoms with Gasteiger partial charge in [-0.1, -0.05) is 22.6 Å². The first-order valence-electron chi connectivity index (χ1n) is 8.11. The lowest BCUT2D eigenvalue weighted by molar-refractivity contribution is -0.474. The Bertz CT molecular complexity index is 1110. The zero-order valence-corrected chi connectivity index (χ0v) is 14.9. The van der Waals surface area contributed by atoms with Crippen LogP contribution in [-0.4, -0.2) is 39.6 Å². The summed E-state index contributed by atoms with van der Waals surface area (Å²) in [5, 5.41) is 7.54. The van der Waals surface area contributed by atoms with Gasteiger partial charge in [0.05, 0.1) is 29.8 Å². The maximum absolute atomic E-state index is 11.7. The second-order valence-corrected chi connectivity index (χ2v) is 6.45. The van der Waals surface area contributed by atoms with Crippen molar-refractivity contribution in [2.24, 2.45) is 10.8 Å². The third-order valence-electron chi connectivity index (χ3n) is 4.45. The number of carbonyl (C=O) groups excluding carboxylic acids is 1. The number of halogens is 1. The molecule has 0 unspecified atom stereocenters. The predicted octanol–water partition coefficient (Wildman–Crippen LogP) is 0.986. The normalized spacial score (nSPS) is 15.8. The molecule has 4 rings (SSSR count). The minimum absolute atomic E-state index is 0.202. The summed E-state index contributed by atoms with van der Waals surface area (Å²) in [5.74, 6) is 6.72. The summed E-state index contributed by atoms with van der Waals surface area (Å²) in [4.78, 5) is 16.4. The van der Waals surface area contributed by atoms with E-state index in [-0.39, 0.29) is 11.3 Å². The van der Waals surface area contributed by atoms with Crippen molar-refractivity contribution in [2.45, 2.75) is 19.4 Å². The van der Waals surface area contributed by atoms with Crippen LogP contribution in [-0.2, 0) is 17.8 Å². The van der Waals surface area contributed by atoms with Gasteiger partial charge in [-0.2, -0.15) is 0 Å². The zero-order valence-electron chi connectivity index (χ0n) is 14.1. The molecule has 2 aliphatic heterocycles. The van der Waals surface area contributed by atoms with E-state index in [0.29, 0.717) is 16.4 Å². The molecule has 8 heteroatoms. The third-order valence-corrected chi connectivity index (χ3v) is 4.76. The summed E-state index contributed by atoms with van der Waals surface area (Å²) in [6, 6.07) is 3.75. The number of hydrazone groups is 1. The number of aryl methyl sites for hydroxylation is 2. The van der Waals surface area contributed by atoms with Crippen LogP contribution >= 0.6 is 11.6 Å². The molecule has 2 aliphatic rings. The Balaban J connectivity index is 1.76. The minimum Gasteiger partial charge on any atom is -0.365 e. The van der Waals surface area contributed by atoms with Crippen LogP contribution in [0.25, 0.3) is 11.0 Å². The quantitative estimate of drug-likeness (QED) is 0.612. The van der Waals surface area contributed by atoms with Gasteiger partial charge in [0.1, 0.15) is 5.82 Å². The first kappa shape index (κ1) is 16.4.